The highest BCUT2D eigenvalue weighted by Crippen LogP contribution is 2.32. The highest BCUT2D eigenvalue weighted by atomic mass is 16.1. The van der Waals surface area contributed by atoms with E-state index in [2.05, 4.69) is 40.4 Å². The van der Waals surface area contributed by atoms with Gasteiger partial charge in [0.1, 0.15) is 0 Å². The van der Waals surface area contributed by atoms with E-state index >= 15 is 0 Å². The highest BCUT2D eigenvalue weighted by Gasteiger charge is 2.22. The van der Waals surface area contributed by atoms with Gasteiger partial charge in [-0.3, -0.25) is 9.78 Å². The standard InChI is InChI=1S/C21H22N4O/c1-25(16-9-10-23-13-16)19-8-7-17(21(22)26)20-18(19)11-15(12-24-20)14-5-3-2-4-6-14/h2-8,11-12,16,23H,9-10,13H2,1H3,(H2,22,26)/t16-/m0/s1. The number of hydrogen-bond donors (Lipinski definition) is 2. The van der Waals surface area contributed by atoms with Crippen molar-refractivity contribution in [2.45, 2.75) is 12.5 Å². The molecule has 0 aliphatic carbocycles. The van der Waals surface area contributed by atoms with Crippen LogP contribution in [0.25, 0.3) is 22.0 Å². The SMILES string of the molecule is CN(c1ccc(C(N)=O)c2ncc(-c3ccccc3)cc12)[C@H]1CCNC1. The third-order valence-electron chi connectivity index (χ3n) is 5.16. The first-order valence-corrected chi connectivity index (χ1v) is 8.86. The molecule has 1 aliphatic heterocycles. The minimum atomic E-state index is -0.452. The summed E-state index contributed by atoms with van der Waals surface area (Å²) in [5.41, 5.74) is 9.89. The summed E-state index contributed by atoms with van der Waals surface area (Å²) in [6.45, 7) is 1.99. The van der Waals surface area contributed by atoms with Gasteiger partial charge in [0.25, 0.3) is 5.91 Å². The highest BCUT2D eigenvalue weighted by molar-refractivity contribution is 6.09. The maximum Gasteiger partial charge on any atom is 0.250 e. The summed E-state index contributed by atoms with van der Waals surface area (Å²) in [6, 6.07) is 16.4. The number of likely N-dealkylation sites (N-methyl/N-ethyl adjacent to an activating group) is 1. The molecule has 3 N–H and O–H groups in total. The number of pyridine rings is 1. The molecule has 1 aliphatic rings. The molecule has 2 heterocycles. The van der Waals surface area contributed by atoms with Gasteiger partial charge in [-0.1, -0.05) is 30.3 Å². The summed E-state index contributed by atoms with van der Waals surface area (Å²) in [5.74, 6) is -0.452. The first-order valence-electron chi connectivity index (χ1n) is 8.86. The van der Waals surface area contributed by atoms with E-state index in [1.807, 2.05) is 30.5 Å². The number of aromatic nitrogens is 1. The third-order valence-corrected chi connectivity index (χ3v) is 5.16. The number of nitrogens with two attached hydrogens (primary N) is 1. The predicted octanol–water partition coefficient (Wildman–Crippen LogP) is 2.80. The van der Waals surface area contributed by atoms with E-state index in [4.69, 9.17) is 5.73 Å². The van der Waals surface area contributed by atoms with Gasteiger partial charge in [0.05, 0.1) is 11.1 Å². The zero-order valence-corrected chi connectivity index (χ0v) is 14.8. The van der Waals surface area contributed by atoms with Crippen molar-refractivity contribution >= 4 is 22.5 Å². The molecule has 1 amide bonds. The number of carbonyl (C=O) groups is 1. The van der Waals surface area contributed by atoms with Gasteiger partial charge in [-0.05, 0) is 36.7 Å². The zero-order valence-electron chi connectivity index (χ0n) is 14.8. The number of nitrogens with zero attached hydrogens (tertiary/aromatic N) is 2. The average Bonchev–Trinajstić information content (AvgIpc) is 3.21. The monoisotopic (exact) mass is 346 g/mol. The minimum Gasteiger partial charge on any atom is -0.370 e. The van der Waals surface area contributed by atoms with E-state index in [-0.39, 0.29) is 0 Å². The lowest BCUT2D eigenvalue weighted by Crippen LogP contribution is -2.33. The second kappa shape index (κ2) is 6.77. The van der Waals surface area contributed by atoms with Gasteiger partial charge in [0.15, 0.2) is 0 Å². The van der Waals surface area contributed by atoms with Gasteiger partial charge in [-0.15, -0.1) is 0 Å². The quantitative estimate of drug-likeness (QED) is 0.762. The van der Waals surface area contributed by atoms with Crippen LogP contribution in [0.4, 0.5) is 5.69 Å². The molecular formula is C21H22N4O. The largest absolute Gasteiger partial charge is 0.370 e. The van der Waals surface area contributed by atoms with Crippen molar-refractivity contribution in [3.05, 3.63) is 60.3 Å². The maximum atomic E-state index is 11.9. The van der Waals surface area contributed by atoms with E-state index < -0.39 is 5.91 Å². The van der Waals surface area contributed by atoms with E-state index in [1.54, 1.807) is 6.07 Å². The Labute approximate surface area is 152 Å². The van der Waals surface area contributed by atoms with Gasteiger partial charge < -0.3 is 16.0 Å². The Kier molecular flexibility index (Phi) is 4.31. The van der Waals surface area contributed by atoms with Gasteiger partial charge in [-0.2, -0.15) is 0 Å². The molecule has 5 heteroatoms. The average molecular weight is 346 g/mol. The molecule has 1 atom stereocenters. The van der Waals surface area contributed by atoms with Crippen LogP contribution >= 0.6 is 0 Å². The number of benzene rings is 2. The van der Waals surface area contributed by atoms with E-state index in [0.29, 0.717) is 17.1 Å². The van der Waals surface area contributed by atoms with Crippen molar-refractivity contribution in [2.24, 2.45) is 5.73 Å². The Balaban J connectivity index is 1.90. The van der Waals surface area contributed by atoms with Gasteiger partial charge in [0, 0.05) is 42.5 Å². The van der Waals surface area contributed by atoms with Crippen LogP contribution in [0, 0.1) is 0 Å². The minimum absolute atomic E-state index is 0.429. The number of nitrogens with one attached hydrogen (secondary N) is 1. The molecule has 1 fully saturated rings. The van der Waals surface area contributed by atoms with Crippen LogP contribution in [-0.4, -0.2) is 37.1 Å². The van der Waals surface area contributed by atoms with Crippen molar-refractivity contribution < 1.29 is 4.79 Å². The molecule has 0 bridgehead atoms. The summed E-state index contributed by atoms with van der Waals surface area (Å²) in [7, 11) is 2.10. The fourth-order valence-corrected chi connectivity index (χ4v) is 3.67. The summed E-state index contributed by atoms with van der Waals surface area (Å²) in [5, 5.41) is 4.36. The molecule has 26 heavy (non-hydrogen) atoms. The van der Waals surface area contributed by atoms with E-state index in [9.17, 15) is 4.79 Å². The van der Waals surface area contributed by atoms with Crippen LogP contribution in [0.3, 0.4) is 0 Å². The fourth-order valence-electron chi connectivity index (χ4n) is 3.67. The second-order valence-electron chi connectivity index (χ2n) is 6.74. The topological polar surface area (TPSA) is 71.2 Å². The second-order valence-corrected chi connectivity index (χ2v) is 6.74. The number of hydrogen-bond acceptors (Lipinski definition) is 4. The predicted molar refractivity (Wildman–Crippen MR) is 105 cm³/mol. The number of rotatable bonds is 4. The zero-order chi connectivity index (χ0) is 18.1. The molecule has 0 unspecified atom stereocenters. The van der Waals surface area contributed by atoms with E-state index in [1.165, 1.54) is 0 Å². The number of anilines is 1. The first kappa shape index (κ1) is 16.5. The Bertz CT molecular complexity index is 949. The van der Waals surface area contributed by atoms with E-state index in [0.717, 1.165) is 41.7 Å². The Morgan fingerprint density at radius 2 is 2.00 bits per heavy atom. The molecular weight excluding hydrogens is 324 g/mol. The lowest BCUT2D eigenvalue weighted by atomic mass is 10.0. The smallest absolute Gasteiger partial charge is 0.250 e. The molecule has 5 nitrogen and oxygen atoms in total. The van der Waals surface area contributed by atoms with Crippen LogP contribution in [0.15, 0.2) is 54.7 Å². The number of carbonyl (C=O) groups excluding carboxylic acids is 1. The summed E-state index contributed by atoms with van der Waals surface area (Å²) in [4.78, 5) is 18.8. The molecule has 2 aromatic carbocycles. The molecule has 3 aromatic rings. The molecule has 132 valence electrons. The Morgan fingerprint density at radius 3 is 2.69 bits per heavy atom. The van der Waals surface area contributed by atoms with Crippen LogP contribution in [-0.2, 0) is 0 Å². The molecule has 0 radical (unpaired) electrons. The maximum absolute atomic E-state index is 11.9. The van der Waals surface area contributed by atoms with Crippen LogP contribution in [0.5, 0.6) is 0 Å². The number of fused-ring (bicyclic) bond motifs is 1. The van der Waals surface area contributed by atoms with Crippen molar-refractivity contribution in [1.82, 2.24) is 10.3 Å². The number of amides is 1. The molecule has 1 aromatic heterocycles. The van der Waals surface area contributed by atoms with Gasteiger partial charge in [-0.25, -0.2) is 0 Å². The van der Waals surface area contributed by atoms with Crippen LogP contribution in [0.1, 0.15) is 16.8 Å². The molecule has 0 spiro atoms. The fraction of sp³-hybridized carbons (Fsp3) is 0.238. The first-order chi connectivity index (χ1) is 12.6. The van der Waals surface area contributed by atoms with Gasteiger partial charge >= 0.3 is 0 Å². The molecule has 4 rings (SSSR count). The van der Waals surface area contributed by atoms with Crippen molar-refractivity contribution in [3.63, 3.8) is 0 Å². The molecule has 1 saturated heterocycles. The lowest BCUT2D eigenvalue weighted by Gasteiger charge is -2.27. The third kappa shape index (κ3) is 2.91. The lowest BCUT2D eigenvalue weighted by molar-refractivity contribution is 0.100. The summed E-state index contributed by atoms with van der Waals surface area (Å²) in [6.07, 6.45) is 2.91. The van der Waals surface area contributed by atoms with Crippen LogP contribution in [0.2, 0.25) is 0 Å². The number of primary amides is 1. The van der Waals surface area contributed by atoms with Crippen LogP contribution < -0.4 is 16.0 Å². The molecule has 0 saturated carbocycles. The Morgan fingerprint density at radius 1 is 1.19 bits per heavy atom. The van der Waals surface area contributed by atoms with Crippen molar-refractivity contribution in [3.8, 4) is 11.1 Å². The van der Waals surface area contributed by atoms with Crippen molar-refractivity contribution in [1.29, 1.82) is 0 Å². The van der Waals surface area contributed by atoms with Gasteiger partial charge in [0.2, 0.25) is 0 Å². The van der Waals surface area contributed by atoms with Crippen molar-refractivity contribution in [2.75, 3.05) is 25.0 Å². The Hall–Kier alpha value is -2.92. The normalized spacial score (nSPS) is 16.7. The summed E-state index contributed by atoms with van der Waals surface area (Å²) >= 11 is 0. The summed E-state index contributed by atoms with van der Waals surface area (Å²) < 4.78 is 0.